The predicted octanol–water partition coefficient (Wildman–Crippen LogP) is 3.83. The van der Waals surface area contributed by atoms with E-state index < -0.39 is 0 Å². The first-order valence-corrected chi connectivity index (χ1v) is 6.76. The number of aryl methyl sites for hydroxylation is 1. The predicted molar refractivity (Wildman–Crippen MR) is 80.5 cm³/mol. The molecular formula is C15H17BrN2. The molecule has 3 heteroatoms. The monoisotopic (exact) mass is 304 g/mol. The molecule has 2 aromatic rings. The van der Waals surface area contributed by atoms with Crippen molar-refractivity contribution in [2.75, 3.05) is 5.32 Å². The summed E-state index contributed by atoms with van der Waals surface area (Å²) in [6, 6.07) is 14.7. The molecule has 0 aliphatic heterocycles. The van der Waals surface area contributed by atoms with Crippen molar-refractivity contribution in [2.45, 2.75) is 20.0 Å². The van der Waals surface area contributed by atoms with Gasteiger partial charge in [-0.05, 0) is 35.7 Å². The number of anilines is 1. The molecule has 18 heavy (non-hydrogen) atoms. The Morgan fingerprint density at radius 3 is 2.33 bits per heavy atom. The van der Waals surface area contributed by atoms with E-state index in [2.05, 4.69) is 70.6 Å². The molecule has 0 aromatic heterocycles. The summed E-state index contributed by atoms with van der Waals surface area (Å²) in [5, 5.41) is 3.41. The zero-order valence-corrected chi connectivity index (χ0v) is 12.0. The van der Waals surface area contributed by atoms with Crippen LogP contribution in [0.5, 0.6) is 0 Å². The maximum atomic E-state index is 5.57. The molecule has 0 radical (unpaired) electrons. The van der Waals surface area contributed by atoms with Crippen LogP contribution in [0.15, 0.2) is 46.9 Å². The lowest BCUT2D eigenvalue weighted by Crippen LogP contribution is -2.01. The van der Waals surface area contributed by atoms with Crippen LogP contribution in [-0.2, 0) is 13.1 Å². The van der Waals surface area contributed by atoms with Crippen molar-refractivity contribution in [1.82, 2.24) is 0 Å². The fourth-order valence-corrected chi connectivity index (χ4v) is 2.08. The third kappa shape index (κ3) is 3.34. The van der Waals surface area contributed by atoms with Gasteiger partial charge in [-0.2, -0.15) is 0 Å². The van der Waals surface area contributed by atoms with Crippen LogP contribution >= 0.6 is 15.9 Å². The molecule has 0 amide bonds. The number of nitrogens with one attached hydrogen (secondary N) is 1. The summed E-state index contributed by atoms with van der Waals surface area (Å²) in [6.07, 6.45) is 0. The van der Waals surface area contributed by atoms with Crippen molar-refractivity contribution in [2.24, 2.45) is 5.73 Å². The molecule has 2 rings (SSSR count). The summed E-state index contributed by atoms with van der Waals surface area (Å²) in [5.41, 5.74) is 10.4. The van der Waals surface area contributed by atoms with Crippen LogP contribution in [0.1, 0.15) is 16.7 Å². The smallest absolute Gasteiger partial charge is 0.0400 e. The van der Waals surface area contributed by atoms with Crippen LogP contribution in [0.25, 0.3) is 0 Å². The Labute approximate surface area is 116 Å². The average molecular weight is 305 g/mol. The molecule has 0 saturated heterocycles. The quantitative estimate of drug-likeness (QED) is 0.901. The largest absolute Gasteiger partial charge is 0.381 e. The third-order valence-corrected chi connectivity index (χ3v) is 3.78. The first-order chi connectivity index (χ1) is 8.69. The topological polar surface area (TPSA) is 38.0 Å². The highest BCUT2D eigenvalue weighted by atomic mass is 79.9. The summed E-state index contributed by atoms with van der Waals surface area (Å²) in [7, 11) is 0. The third-order valence-electron chi connectivity index (χ3n) is 2.93. The molecule has 0 atom stereocenters. The van der Waals surface area contributed by atoms with Gasteiger partial charge in [0.15, 0.2) is 0 Å². The van der Waals surface area contributed by atoms with E-state index in [1.54, 1.807) is 0 Å². The second-order valence-corrected chi connectivity index (χ2v) is 5.19. The van der Waals surface area contributed by atoms with Crippen molar-refractivity contribution in [3.05, 3.63) is 63.6 Å². The van der Waals surface area contributed by atoms with E-state index in [0.717, 1.165) is 22.3 Å². The SMILES string of the molecule is Cc1ccc(NCc2ccc(CN)cc2)cc1Br. The van der Waals surface area contributed by atoms with E-state index in [-0.39, 0.29) is 0 Å². The number of hydrogen-bond acceptors (Lipinski definition) is 2. The van der Waals surface area contributed by atoms with E-state index in [4.69, 9.17) is 5.73 Å². The highest BCUT2D eigenvalue weighted by Crippen LogP contribution is 2.21. The van der Waals surface area contributed by atoms with Gasteiger partial charge < -0.3 is 11.1 Å². The van der Waals surface area contributed by atoms with Gasteiger partial charge in [0.05, 0.1) is 0 Å². The molecule has 0 heterocycles. The molecule has 0 fully saturated rings. The molecule has 94 valence electrons. The van der Waals surface area contributed by atoms with E-state index >= 15 is 0 Å². The van der Waals surface area contributed by atoms with Crippen LogP contribution < -0.4 is 11.1 Å². The first-order valence-electron chi connectivity index (χ1n) is 5.97. The van der Waals surface area contributed by atoms with Crippen molar-refractivity contribution in [3.63, 3.8) is 0 Å². The second-order valence-electron chi connectivity index (χ2n) is 4.34. The lowest BCUT2D eigenvalue weighted by molar-refractivity contribution is 1.06. The lowest BCUT2D eigenvalue weighted by Gasteiger charge is -2.08. The van der Waals surface area contributed by atoms with Gasteiger partial charge in [0.2, 0.25) is 0 Å². The number of hydrogen-bond donors (Lipinski definition) is 2. The summed E-state index contributed by atoms with van der Waals surface area (Å²) < 4.78 is 1.13. The van der Waals surface area contributed by atoms with Crippen molar-refractivity contribution in [1.29, 1.82) is 0 Å². The fourth-order valence-electron chi connectivity index (χ4n) is 1.70. The van der Waals surface area contributed by atoms with Crippen LogP contribution in [0.2, 0.25) is 0 Å². The number of benzene rings is 2. The lowest BCUT2D eigenvalue weighted by atomic mass is 10.1. The first kappa shape index (κ1) is 13.1. The molecule has 0 spiro atoms. The fraction of sp³-hybridized carbons (Fsp3) is 0.200. The van der Waals surface area contributed by atoms with Crippen LogP contribution in [0.4, 0.5) is 5.69 Å². The van der Waals surface area contributed by atoms with Crippen LogP contribution in [0, 0.1) is 6.92 Å². The van der Waals surface area contributed by atoms with Gasteiger partial charge in [-0.25, -0.2) is 0 Å². The molecular weight excluding hydrogens is 288 g/mol. The average Bonchev–Trinajstić information content (AvgIpc) is 2.41. The molecule has 2 aromatic carbocycles. The van der Waals surface area contributed by atoms with Gasteiger partial charge in [-0.1, -0.05) is 46.3 Å². The summed E-state index contributed by atoms with van der Waals surface area (Å²) >= 11 is 3.54. The van der Waals surface area contributed by atoms with Gasteiger partial charge in [0.25, 0.3) is 0 Å². The Morgan fingerprint density at radius 2 is 1.72 bits per heavy atom. The Kier molecular flexibility index (Phi) is 4.39. The second kappa shape index (κ2) is 6.03. The number of halogens is 1. The standard InChI is InChI=1S/C15H17BrN2/c1-11-2-7-14(8-15(11)16)18-10-13-5-3-12(9-17)4-6-13/h2-8,18H,9-10,17H2,1H3. The van der Waals surface area contributed by atoms with Gasteiger partial charge in [-0.3, -0.25) is 0 Å². The number of rotatable bonds is 4. The summed E-state index contributed by atoms with van der Waals surface area (Å²) in [6.45, 7) is 3.50. The molecule has 0 saturated carbocycles. The highest BCUT2D eigenvalue weighted by Gasteiger charge is 1.98. The molecule has 0 bridgehead atoms. The van der Waals surface area contributed by atoms with Crippen LogP contribution in [0.3, 0.4) is 0 Å². The van der Waals surface area contributed by atoms with Gasteiger partial charge in [0.1, 0.15) is 0 Å². The van der Waals surface area contributed by atoms with Crippen LogP contribution in [-0.4, -0.2) is 0 Å². The van der Waals surface area contributed by atoms with Crippen molar-refractivity contribution >= 4 is 21.6 Å². The zero-order valence-electron chi connectivity index (χ0n) is 10.4. The Hall–Kier alpha value is -1.32. The maximum Gasteiger partial charge on any atom is 0.0400 e. The molecule has 3 N–H and O–H groups in total. The Morgan fingerprint density at radius 1 is 1.06 bits per heavy atom. The molecule has 2 nitrogen and oxygen atoms in total. The Bertz CT molecular complexity index is 521. The van der Waals surface area contributed by atoms with Gasteiger partial charge in [-0.15, -0.1) is 0 Å². The zero-order chi connectivity index (χ0) is 13.0. The minimum absolute atomic E-state index is 0.596. The van der Waals surface area contributed by atoms with E-state index in [1.165, 1.54) is 11.1 Å². The van der Waals surface area contributed by atoms with Crippen molar-refractivity contribution in [3.8, 4) is 0 Å². The summed E-state index contributed by atoms with van der Waals surface area (Å²) in [4.78, 5) is 0. The number of nitrogens with two attached hydrogens (primary N) is 1. The van der Waals surface area contributed by atoms with E-state index in [0.29, 0.717) is 6.54 Å². The molecule has 0 aliphatic rings. The highest BCUT2D eigenvalue weighted by molar-refractivity contribution is 9.10. The minimum Gasteiger partial charge on any atom is -0.381 e. The maximum absolute atomic E-state index is 5.57. The molecule has 0 aliphatic carbocycles. The van der Waals surface area contributed by atoms with Gasteiger partial charge >= 0.3 is 0 Å². The van der Waals surface area contributed by atoms with E-state index in [9.17, 15) is 0 Å². The summed E-state index contributed by atoms with van der Waals surface area (Å²) in [5.74, 6) is 0. The Balaban J connectivity index is 1.99. The van der Waals surface area contributed by atoms with E-state index in [1.807, 2.05) is 0 Å². The molecule has 0 unspecified atom stereocenters. The minimum atomic E-state index is 0.596. The van der Waals surface area contributed by atoms with Crippen molar-refractivity contribution < 1.29 is 0 Å². The van der Waals surface area contributed by atoms with Gasteiger partial charge in [0, 0.05) is 23.2 Å². The normalized spacial score (nSPS) is 10.4.